The Bertz CT molecular complexity index is 858. The van der Waals surface area contributed by atoms with Gasteiger partial charge in [-0.25, -0.2) is 4.39 Å². The molecule has 0 spiro atoms. The van der Waals surface area contributed by atoms with E-state index in [9.17, 15) is 14.0 Å². The van der Waals surface area contributed by atoms with Crippen LogP contribution in [0.1, 0.15) is 41.8 Å². The Labute approximate surface area is 155 Å². The SMILES string of the molecule is CC(=O)Oc1cc2c(s1)CCN([C@@H](C(=O)C1CC1)c1cccc(F)c1)C2. The van der Waals surface area contributed by atoms with Crippen LogP contribution in [0.2, 0.25) is 0 Å². The number of rotatable bonds is 5. The molecule has 2 aromatic rings. The van der Waals surface area contributed by atoms with Crippen LogP contribution in [-0.4, -0.2) is 23.2 Å². The lowest BCUT2D eigenvalue weighted by Crippen LogP contribution is -2.38. The molecule has 26 heavy (non-hydrogen) atoms. The number of fused-ring (bicyclic) bond motifs is 1. The number of esters is 1. The second-order valence-corrected chi connectivity index (χ2v) is 8.06. The topological polar surface area (TPSA) is 46.6 Å². The molecule has 136 valence electrons. The maximum absolute atomic E-state index is 13.8. The van der Waals surface area contributed by atoms with Gasteiger partial charge in [0, 0.05) is 30.8 Å². The maximum atomic E-state index is 13.8. The van der Waals surface area contributed by atoms with Crippen molar-refractivity contribution < 1.29 is 18.7 Å². The normalized spacial score (nSPS) is 18.2. The van der Waals surface area contributed by atoms with Gasteiger partial charge in [-0.05, 0) is 48.6 Å². The highest BCUT2D eigenvalue weighted by atomic mass is 32.1. The first-order valence-electron chi connectivity index (χ1n) is 8.84. The first-order chi connectivity index (χ1) is 12.5. The molecule has 1 aromatic carbocycles. The molecule has 0 unspecified atom stereocenters. The third-order valence-corrected chi connectivity index (χ3v) is 6.01. The monoisotopic (exact) mass is 373 g/mol. The molecule has 0 N–H and O–H groups in total. The minimum Gasteiger partial charge on any atom is -0.416 e. The van der Waals surface area contributed by atoms with Gasteiger partial charge in [0.15, 0.2) is 10.8 Å². The van der Waals surface area contributed by atoms with Crippen molar-refractivity contribution in [3.05, 3.63) is 52.2 Å². The molecule has 0 amide bonds. The van der Waals surface area contributed by atoms with Gasteiger partial charge in [-0.15, -0.1) is 11.3 Å². The minimum absolute atomic E-state index is 0.101. The van der Waals surface area contributed by atoms with E-state index < -0.39 is 6.04 Å². The predicted molar refractivity (Wildman–Crippen MR) is 96.6 cm³/mol. The molecule has 6 heteroatoms. The zero-order valence-electron chi connectivity index (χ0n) is 14.5. The molecule has 0 radical (unpaired) electrons. The van der Waals surface area contributed by atoms with Gasteiger partial charge >= 0.3 is 5.97 Å². The van der Waals surface area contributed by atoms with Crippen molar-refractivity contribution in [3.8, 4) is 5.06 Å². The van der Waals surface area contributed by atoms with Gasteiger partial charge in [0.25, 0.3) is 0 Å². The lowest BCUT2D eigenvalue weighted by molar-refractivity contribution is -0.131. The van der Waals surface area contributed by atoms with Crippen LogP contribution in [-0.2, 0) is 22.6 Å². The Morgan fingerprint density at radius 1 is 1.31 bits per heavy atom. The molecule has 1 aliphatic carbocycles. The lowest BCUT2D eigenvalue weighted by Gasteiger charge is -2.34. The van der Waals surface area contributed by atoms with E-state index in [2.05, 4.69) is 4.90 Å². The number of benzene rings is 1. The van der Waals surface area contributed by atoms with Crippen LogP contribution >= 0.6 is 11.3 Å². The molecule has 4 nitrogen and oxygen atoms in total. The van der Waals surface area contributed by atoms with Crippen molar-refractivity contribution in [2.75, 3.05) is 6.54 Å². The van der Waals surface area contributed by atoms with Crippen molar-refractivity contribution in [1.29, 1.82) is 0 Å². The summed E-state index contributed by atoms with van der Waals surface area (Å²) in [5, 5.41) is 0.597. The highest BCUT2D eigenvalue weighted by Gasteiger charge is 2.39. The van der Waals surface area contributed by atoms with Crippen LogP contribution in [0.3, 0.4) is 0 Å². The summed E-state index contributed by atoms with van der Waals surface area (Å²) in [4.78, 5) is 27.4. The highest BCUT2D eigenvalue weighted by Crippen LogP contribution is 2.40. The summed E-state index contributed by atoms with van der Waals surface area (Å²) in [5.74, 6) is -0.360. The number of ketones is 1. The number of ether oxygens (including phenoxy) is 1. The van der Waals surface area contributed by atoms with Crippen molar-refractivity contribution in [2.45, 2.75) is 38.8 Å². The summed E-state index contributed by atoms with van der Waals surface area (Å²) in [7, 11) is 0. The van der Waals surface area contributed by atoms with E-state index in [-0.39, 0.29) is 23.5 Å². The lowest BCUT2D eigenvalue weighted by atomic mass is 9.95. The molecule has 1 fully saturated rings. The van der Waals surface area contributed by atoms with Crippen molar-refractivity contribution in [1.82, 2.24) is 4.90 Å². The van der Waals surface area contributed by atoms with Crippen LogP contribution in [0.15, 0.2) is 30.3 Å². The van der Waals surface area contributed by atoms with Crippen LogP contribution in [0.4, 0.5) is 4.39 Å². The molecule has 4 rings (SSSR count). The van der Waals surface area contributed by atoms with Gasteiger partial charge in [-0.1, -0.05) is 12.1 Å². The van der Waals surface area contributed by atoms with Gasteiger partial charge in [-0.3, -0.25) is 14.5 Å². The molecular weight excluding hydrogens is 353 g/mol. The number of hydrogen-bond acceptors (Lipinski definition) is 5. The second kappa shape index (κ2) is 6.93. The number of halogens is 1. The zero-order valence-corrected chi connectivity index (χ0v) is 15.4. The van der Waals surface area contributed by atoms with Crippen molar-refractivity contribution in [3.63, 3.8) is 0 Å². The average Bonchev–Trinajstić information content (AvgIpc) is 3.35. The Balaban J connectivity index is 1.61. The Morgan fingerprint density at radius 2 is 2.12 bits per heavy atom. The van der Waals surface area contributed by atoms with E-state index in [0.29, 0.717) is 11.6 Å². The second-order valence-electron chi connectivity index (χ2n) is 6.96. The molecule has 2 heterocycles. The standard InChI is InChI=1S/C20H20FNO3S/c1-12(23)25-18-10-15-11-22(8-7-17(15)26-18)19(20(24)13-5-6-13)14-3-2-4-16(21)9-14/h2-4,9-10,13,19H,5-8,11H2,1H3/t19-/m1/s1. The molecule has 0 bridgehead atoms. The summed E-state index contributed by atoms with van der Waals surface area (Å²) in [6.07, 6.45) is 2.66. The molecular formula is C20H20FNO3S. The van der Waals surface area contributed by atoms with Gasteiger partial charge < -0.3 is 4.74 Å². The molecule has 1 aliphatic heterocycles. The third kappa shape index (κ3) is 3.57. The van der Waals surface area contributed by atoms with E-state index >= 15 is 0 Å². The maximum Gasteiger partial charge on any atom is 0.308 e. The molecule has 1 aromatic heterocycles. The molecule has 1 atom stereocenters. The fraction of sp³-hybridized carbons (Fsp3) is 0.400. The first kappa shape index (κ1) is 17.4. The van der Waals surface area contributed by atoms with E-state index in [1.807, 2.05) is 12.1 Å². The highest BCUT2D eigenvalue weighted by molar-refractivity contribution is 7.14. The number of carbonyl (C=O) groups is 2. The molecule has 1 saturated carbocycles. The van der Waals surface area contributed by atoms with Gasteiger partial charge in [0.2, 0.25) is 0 Å². The van der Waals surface area contributed by atoms with E-state index in [1.54, 1.807) is 6.07 Å². The fourth-order valence-corrected chi connectivity index (χ4v) is 4.61. The van der Waals surface area contributed by atoms with Crippen LogP contribution in [0.5, 0.6) is 5.06 Å². The van der Waals surface area contributed by atoms with E-state index in [4.69, 9.17) is 4.74 Å². The quantitative estimate of drug-likeness (QED) is 0.746. The Kier molecular flexibility index (Phi) is 4.63. The van der Waals surface area contributed by atoms with Crippen LogP contribution in [0.25, 0.3) is 0 Å². The summed E-state index contributed by atoms with van der Waals surface area (Å²) in [5.41, 5.74) is 1.81. The van der Waals surface area contributed by atoms with Gasteiger partial charge in [0.05, 0.1) is 6.04 Å². The summed E-state index contributed by atoms with van der Waals surface area (Å²) in [6.45, 7) is 2.72. The zero-order chi connectivity index (χ0) is 18.3. The predicted octanol–water partition coefficient (Wildman–Crippen LogP) is 3.89. The number of Topliss-reactive ketones (excluding diaryl/α,β-unsaturated/α-hetero) is 1. The van der Waals surface area contributed by atoms with Crippen molar-refractivity contribution >= 4 is 23.1 Å². The third-order valence-electron chi connectivity index (χ3n) is 4.90. The number of nitrogens with zero attached hydrogens (tertiary/aromatic N) is 1. The van der Waals surface area contributed by atoms with Gasteiger partial charge in [-0.2, -0.15) is 0 Å². The Morgan fingerprint density at radius 3 is 2.81 bits per heavy atom. The number of carbonyl (C=O) groups excluding carboxylic acids is 2. The van der Waals surface area contributed by atoms with Crippen molar-refractivity contribution in [2.24, 2.45) is 5.92 Å². The van der Waals surface area contributed by atoms with E-state index in [1.165, 1.54) is 35.3 Å². The summed E-state index contributed by atoms with van der Waals surface area (Å²) < 4.78 is 19.0. The Hall–Kier alpha value is -2.05. The average molecular weight is 373 g/mol. The van der Waals surface area contributed by atoms with Gasteiger partial charge in [0.1, 0.15) is 5.82 Å². The largest absolute Gasteiger partial charge is 0.416 e. The number of thiophene rings is 1. The smallest absolute Gasteiger partial charge is 0.308 e. The first-order valence-corrected chi connectivity index (χ1v) is 9.66. The van der Waals surface area contributed by atoms with E-state index in [0.717, 1.165) is 36.9 Å². The summed E-state index contributed by atoms with van der Waals surface area (Å²) >= 11 is 1.49. The van der Waals surface area contributed by atoms with Crippen LogP contribution < -0.4 is 4.74 Å². The minimum atomic E-state index is -0.413. The fourth-order valence-electron chi connectivity index (χ4n) is 3.56. The molecule has 2 aliphatic rings. The number of hydrogen-bond donors (Lipinski definition) is 0. The van der Waals surface area contributed by atoms with Crippen LogP contribution in [0, 0.1) is 11.7 Å². The molecule has 0 saturated heterocycles. The summed E-state index contributed by atoms with van der Waals surface area (Å²) in [6, 6.07) is 7.85.